The van der Waals surface area contributed by atoms with Crippen molar-refractivity contribution < 1.29 is 9.59 Å². The number of anilines is 1. The van der Waals surface area contributed by atoms with Crippen LogP contribution in [0.2, 0.25) is 0 Å². The van der Waals surface area contributed by atoms with Crippen LogP contribution in [-0.4, -0.2) is 64.5 Å². The maximum absolute atomic E-state index is 13.1. The minimum absolute atomic E-state index is 0.0855. The molecule has 0 radical (unpaired) electrons. The number of benzene rings is 1. The third-order valence-electron chi connectivity index (χ3n) is 6.09. The fourth-order valence-corrected chi connectivity index (χ4v) is 5.33. The smallest absolute Gasteiger partial charge is 0.240 e. The summed E-state index contributed by atoms with van der Waals surface area (Å²) in [6.07, 6.45) is 4.49. The van der Waals surface area contributed by atoms with Crippen LogP contribution >= 0.6 is 11.3 Å². The van der Waals surface area contributed by atoms with E-state index >= 15 is 0 Å². The molecular weight excluding hydrogens is 398 g/mol. The molecule has 3 heterocycles. The predicted molar refractivity (Wildman–Crippen MR) is 117 cm³/mol. The van der Waals surface area contributed by atoms with Crippen LogP contribution in [0, 0.1) is 5.41 Å². The van der Waals surface area contributed by atoms with Crippen molar-refractivity contribution in [3.8, 4) is 0 Å². The summed E-state index contributed by atoms with van der Waals surface area (Å²) in [4.78, 5) is 29.7. The second kappa shape index (κ2) is 9.22. The second-order valence-electron chi connectivity index (χ2n) is 8.32. The summed E-state index contributed by atoms with van der Waals surface area (Å²) < 4.78 is 0. The lowest BCUT2D eigenvalue weighted by atomic mass is 9.85. The average Bonchev–Trinajstić information content (AvgIpc) is 3.43. The molecule has 0 aliphatic carbocycles. The van der Waals surface area contributed by atoms with Crippen molar-refractivity contribution in [3.05, 3.63) is 40.9 Å². The SMILES string of the molecule is CCCc1nnc(NC(=O)CN2CCC3(CCN(CCc4ccccc4)C3=O)C2)s1. The topological polar surface area (TPSA) is 78.4 Å². The predicted octanol–water partition coefficient (Wildman–Crippen LogP) is 2.60. The number of rotatable bonds is 8. The Morgan fingerprint density at radius 3 is 2.77 bits per heavy atom. The van der Waals surface area contributed by atoms with Crippen LogP contribution in [0.4, 0.5) is 5.13 Å². The number of nitrogens with one attached hydrogen (secondary N) is 1. The molecule has 2 fully saturated rings. The van der Waals surface area contributed by atoms with Crippen molar-refractivity contribution in [3.63, 3.8) is 0 Å². The van der Waals surface area contributed by atoms with Crippen LogP contribution in [0.25, 0.3) is 0 Å². The van der Waals surface area contributed by atoms with E-state index < -0.39 is 0 Å². The zero-order chi connectivity index (χ0) is 21.0. The van der Waals surface area contributed by atoms with Gasteiger partial charge in [0.05, 0.1) is 12.0 Å². The number of carbonyl (C=O) groups is 2. The molecule has 2 aliphatic rings. The fraction of sp³-hybridized carbons (Fsp3) is 0.545. The summed E-state index contributed by atoms with van der Waals surface area (Å²) in [6, 6.07) is 10.3. The van der Waals surface area contributed by atoms with E-state index in [1.54, 1.807) is 0 Å². The molecule has 7 nitrogen and oxygen atoms in total. The van der Waals surface area contributed by atoms with E-state index in [0.717, 1.165) is 56.7 Å². The minimum atomic E-state index is -0.312. The summed E-state index contributed by atoms with van der Waals surface area (Å²) in [7, 11) is 0. The van der Waals surface area contributed by atoms with Crippen molar-refractivity contribution in [2.45, 2.75) is 39.0 Å². The summed E-state index contributed by atoms with van der Waals surface area (Å²) in [5.41, 5.74) is 0.948. The number of hydrogen-bond acceptors (Lipinski definition) is 6. The van der Waals surface area contributed by atoms with Crippen molar-refractivity contribution in [1.82, 2.24) is 20.0 Å². The first-order valence-corrected chi connectivity index (χ1v) is 11.6. The number of nitrogens with zero attached hydrogens (tertiary/aromatic N) is 4. The Hall–Kier alpha value is -2.32. The van der Waals surface area contributed by atoms with Gasteiger partial charge >= 0.3 is 0 Å². The van der Waals surface area contributed by atoms with Crippen molar-refractivity contribution >= 4 is 28.3 Å². The number of hydrogen-bond donors (Lipinski definition) is 1. The Bertz CT molecular complexity index is 887. The van der Waals surface area contributed by atoms with Crippen LogP contribution in [-0.2, 0) is 22.4 Å². The first kappa shape index (κ1) is 20.9. The molecule has 2 aliphatic heterocycles. The maximum atomic E-state index is 13.1. The lowest BCUT2D eigenvalue weighted by Gasteiger charge is -2.23. The van der Waals surface area contributed by atoms with E-state index in [4.69, 9.17) is 0 Å². The lowest BCUT2D eigenvalue weighted by Crippen LogP contribution is -2.39. The molecule has 1 atom stereocenters. The molecule has 2 saturated heterocycles. The molecule has 4 rings (SSSR count). The van der Waals surface area contributed by atoms with Crippen molar-refractivity contribution in [1.29, 1.82) is 0 Å². The summed E-state index contributed by atoms with van der Waals surface area (Å²) in [5, 5.41) is 12.5. The largest absolute Gasteiger partial charge is 0.342 e. The lowest BCUT2D eigenvalue weighted by molar-refractivity contribution is -0.135. The van der Waals surface area contributed by atoms with Gasteiger partial charge in [-0.2, -0.15) is 0 Å². The van der Waals surface area contributed by atoms with Crippen LogP contribution in [0.5, 0.6) is 0 Å². The van der Waals surface area contributed by atoms with E-state index in [2.05, 4.69) is 39.5 Å². The highest BCUT2D eigenvalue weighted by Gasteiger charge is 2.50. The highest BCUT2D eigenvalue weighted by atomic mass is 32.1. The minimum Gasteiger partial charge on any atom is -0.342 e. The molecule has 0 bridgehead atoms. The molecule has 2 aromatic rings. The Morgan fingerprint density at radius 1 is 1.17 bits per heavy atom. The van der Waals surface area contributed by atoms with E-state index in [1.165, 1.54) is 16.9 Å². The van der Waals surface area contributed by atoms with Gasteiger partial charge in [0.25, 0.3) is 0 Å². The number of aromatic nitrogens is 2. The molecule has 8 heteroatoms. The van der Waals surface area contributed by atoms with Gasteiger partial charge in [-0.15, -0.1) is 10.2 Å². The first-order valence-electron chi connectivity index (χ1n) is 10.8. The Labute approximate surface area is 181 Å². The van der Waals surface area contributed by atoms with Crippen LogP contribution in [0.3, 0.4) is 0 Å². The standard InChI is InChI=1S/C22H29N5O2S/c1-2-6-19-24-25-21(30-19)23-18(28)15-26-13-10-22(16-26)11-14-27(20(22)29)12-9-17-7-4-3-5-8-17/h3-5,7-8H,2,6,9-16H2,1H3,(H,23,25,28). The van der Waals surface area contributed by atoms with Crippen LogP contribution in [0.15, 0.2) is 30.3 Å². The van der Waals surface area contributed by atoms with E-state index in [0.29, 0.717) is 18.2 Å². The average molecular weight is 428 g/mol. The molecule has 1 unspecified atom stereocenters. The third kappa shape index (κ3) is 4.70. The van der Waals surface area contributed by atoms with E-state index in [9.17, 15) is 9.59 Å². The van der Waals surface area contributed by atoms with Gasteiger partial charge in [0.1, 0.15) is 5.01 Å². The summed E-state index contributed by atoms with van der Waals surface area (Å²) >= 11 is 1.43. The van der Waals surface area contributed by atoms with E-state index in [-0.39, 0.29) is 17.2 Å². The number of amides is 2. The van der Waals surface area contributed by atoms with Gasteiger partial charge in [-0.25, -0.2) is 0 Å². The Morgan fingerprint density at radius 2 is 1.97 bits per heavy atom. The molecule has 30 heavy (non-hydrogen) atoms. The van der Waals surface area contributed by atoms with Gasteiger partial charge in [-0.1, -0.05) is 48.6 Å². The zero-order valence-corrected chi connectivity index (χ0v) is 18.3. The highest BCUT2D eigenvalue weighted by Crippen LogP contribution is 2.40. The van der Waals surface area contributed by atoms with Gasteiger partial charge in [0.2, 0.25) is 16.9 Å². The highest BCUT2D eigenvalue weighted by molar-refractivity contribution is 7.15. The fourth-order valence-electron chi connectivity index (χ4n) is 4.47. The molecule has 2 amide bonds. The number of likely N-dealkylation sites (tertiary alicyclic amines) is 2. The summed E-state index contributed by atoms with van der Waals surface area (Å²) in [5.74, 6) is 0.173. The molecular formula is C22H29N5O2S. The number of carbonyl (C=O) groups excluding carboxylic acids is 2. The monoisotopic (exact) mass is 427 g/mol. The van der Waals surface area contributed by atoms with Crippen LogP contribution < -0.4 is 5.32 Å². The first-order chi connectivity index (χ1) is 14.6. The Kier molecular flexibility index (Phi) is 6.43. The third-order valence-corrected chi connectivity index (χ3v) is 6.99. The summed E-state index contributed by atoms with van der Waals surface area (Å²) in [6.45, 7) is 5.41. The molecule has 1 N–H and O–H groups in total. The van der Waals surface area contributed by atoms with Gasteiger partial charge in [0.15, 0.2) is 0 Å². The normalized spacial score (nSPS) is 21.6. The second-order valence-corrected chi connectivity index (χ2v) is 9.38. The molecule has 0 saturated carbocycles. The van der Waals surface area contributed by atoms with Gasteiger partial charge in [-0.3, -0.25) is 19.8 Å². The molecule has 1 aromatic carbocycles. The van der Waals surface area contributed by atoms with E-state index in [1.807, 2.05) is 23.1 Å². The molecule has 1 aromatic heterocycles. The van der Waals surface area contributed by atoms with Gasteiger partial charge in [0, 0.05) is 26.1 Å². The van der Waals surface area contributed by atoms with Crippen molar-refractivity contribution in [2.75, 3.05) is 38.0 Å². The molecule has 1 spiro atoms. The zero-order valence-electron chi connectivity index (χ0n) is 17.5. The quantitative estimate of drug-likeness (QED) is 0.701. The Balaban J connectivity index is 1.26. The maximum Gasteiger partial charge on any atom is 0.240 e. The molecule has 160 valence electrons. The van der Waals surface area contributed by atoms with Crippen molar-refractivity contribution in [2.24, 2.45) is 5.41 Å². The van der Waals surface area contributed by atoms with Gasteiger partial charge < -0.3 is 4.90 Å². The number of aryl methyl sites for hydroxylation is 1. The van der Waals surface area contributed by atoms with Gasteiger partial charge in [-0.05, 0) is 37.8 Å². The van der Waals surface area contributed by atoms with Crippen LogP contribution in [0.1, 0.15) is 36.8 Å².